The van der Waals surface area contributed by atoms with Crippen molar-refractivity contribution >= 4 is 11.4 Å². The summed E-state index contributed by atoms with van der Waals surface area (Å²) in [5, 5.41) is 12.3. The maximum absolute atomic E-state index is 9.29. The molecule has 4 heteroatoms. The van der Waals surface area contributed by atoms with Gasteiger partial charge in [0.05, 0.1) is 23.7 Å². The third-order valence-corrected chi connectivity index (χ3v) is 1.85. The minimum Gasteiger partial charge on any atom is -0.396 e. The van der Waals surface area contributed by atoms with E-state index in [0.29, 0.717) is 12.2 Å². The van der Waals surface area contributed by atoms with Crippen molar-refractivity contribution in [2.75, 3.05) is 17.6 Å². The summed E-state index contributed by atoms with van der Waals surface area (Å²) in [6.45, 7) is 2.45. The van der Waals surface area contributed by atoms with E-state index in [4.69, 9.17) is 5.73 Å². The molecule has 1 atom stereocenters. The quantitative estimate of drug-likeness (QED) is 0.644. The van der Waals surface area contributed by atoms with E-state index >= 15 is 0 Å². The molecular weight excluding hydrogens is 166 g/mol. The smallest absolute Gasteiger partial charge is 0.0736 e. The molecule has 1 aromatic heterocycles. The van der Waals surface area contributed by atoms with Gasteiger partial charge in [-0.2, -0.15) is 0 Å². The number of aliphatic hydroxyl groups excluding tert-OH is 1. The molecule has 1 unspecified atom stereocenters. The molecule has 0 aliphatic carbocycles. The number of anilines is 2. The monoisotopic (exact) mass is 181 g/mol. The van der Waals surface area contributed by atoms with Crippen LogP contribution in [0.4, 0.5) is 11.4 Å². The van der Waals surface area contributed by atoms with Crippen LogP contribution in [-0.4, -0.2) is 22.7 Å². The van der Waals surface area contributed by atoms with E-state index in [2.05, 4.69) is 10.3 Å². The molecule has 72 valence electrons. The molecule has 4 nitrogen and oxygen atoms in total. The predicted molar refractivity (Wildman–Crippen MR) is 53.4 cm³/mol. The summed E-state index contributed by atoms with van der Waals surface area (Å²) in [4.78, 5) is 3.86. The van der Waals surface area contributed by atoms with E-state index in [-0.39, 0.29) is 6.10 Å². The molecule has 0 radical (unpaired) electrons. The van der Waals surface area contributed by atoms with Crippen molar-refractivity contribution in [3.05, 3.63) is 18.5 Å². The van der Waals surface area contributed by atoms with Gasteiger partial charge in [0.1, 0.15) is 0 Å². The first-order chi connectivity index (χ1) is 6.24. The van der Waals surface area contributed by atoms with E-state index in [9.17, 15) is 5.11 Å². The van der Waals surface area contributed by atoms with Crippen LogP contribution in [0, 0.1) is 0 Å². The van der Waals surface area contributed by atoms with Gasteiger partial charge >= 0.3 is 0 Å². The lowest BCUT2D eigenvalue weighted by Crippen LogP contribution is -2.18. The van der Waals surface area contributed by atoms with Gasteiger partial charge in [-0.05, 0) is 12.5 Å². The Labute approximate surface area is 77.8 Å². The van der Waals surface area contributed by atoms with Crippen LogP contribution in [0.5, 0.6) is 0 Å². The number of nitrogens with zero attached hydrogens (tertiary/aromatic N) is 1. The highest BCUT2D eigenvalue weighted by Crippen LogP contribution is 2.14. The molecule has 1 aromatic rings. The molecule has 0 bridgehead atoms. The third kappa shape index (κ3) is 2.91. The van der Waals surface area contributed by atoms with Crippen LogP contribution in [0.2, 0.25) is 0 Å². The SMILES string of the molecule is CCC(O)CNc1ccncc1N. The second-order valence-electron chi connectivity index (χ2n) is 2.91. The molecule has 1 heterocycles. The first-order valence-corrected chi connectivity index (χ1v) is 4.35. The van der Waals surface area contributed by atoms with Crippen LogP contribution < -0.4 is 11.1 Å². The average Bonchev–Trinajstić information content (AvgIpc) is 2.16. The van der Waals surface area contributed by atoms with E-state index in [1.165, 1.54) is 0 Å². The number of nitrogen functional groups attached to an aromatic ring is 1. The molecule has 0 aliphatic rings. The van der Waals surface area contributed by atoms with E-state index in [1.54, 1.807) is 18.5 Å². The van der Waals surface area contributed by atoms with Crippen LogP contribution >= 0.6 is 0 Å². The number of pyridine rings is 1. The highest BCUT2D eigenvalue weighted by Gasteiger charge is 2.01. The Morgan fingerprint density at radius 1 is 1.69 bits per heavy atom. The molecule has 4 N–H and O–H groups in total. The molecule has 0 spiro atoms. The topological polar surface area (TPSA) is 71.2 Å². The number of hydrogen-bond donors (Lipinski definition) is 3. The van der Waals surface area contributed by atoms with E-state index in [1.807, 2.05) is 6.92 Å². The molecule has 0 amide bonds. The molecule has 0 fully saturated rings. The second-order valence-corrected chi connectivity index (χ2v) is 2.91. The fraction of sp³-hybridized carbons (Fsp3) is 0.444. The second kappa shape index (κ2) is 4.67. The normalized spacial score (nSPS) is 12.5. The first kappa shape index (κ1) is 9.80. The van der Waals surface area contributed by atoms with Gasteiger partial charge < -0.3 is 16.2 Å². The summed E-state index contributed by atoms with van der Waals surface area (Å²) < 4.78 is 0. The number of nitrogens with two attached hydrogens (primary N) is 1. The van der Waals surface area contributed by atoms with Crippen molar-refractivity contribution < 1.29 is 5.11 Å². The van der Waals surface area contributed by atoms with Crippen molar-refractivity contribution in [3.63, 3.8) is 0 Å². The van der Waals surface area contributed by atoms with Crippen LogP contribution in [0.25, 0.3) is 0 Å². The molecule has 1 rings (SSSR count). The van der Waals surface area contributed by atoms with E-state index < -0.39 is 0 Å². The predicted octanol–water partition coefficient (Wildman–Crippen LogP) is 0.847. The van der Waals surface area contributed by atoms with Gasteiger partial charge in [-0.3, -0.25) is 4.98 Å². The van der Waals surface area contributed by atoms with Gasteiger partial charge in [0, 0.05) is 12.7 Å². The van der Waals surface area contributed by atoms with Crippen molar-refractivity contribution in [1.29, 1.82) is 0 Å². The molecule has 0 aromatic carbocycles. The Balaban J connectivity index is 2.50. The molecule has 0 aliphatic heterocycles. The van der Waals surface area contributed by atoms with Gasteiger partial charge in [-0.15, -0.1) is 0 Å². The molecular formula is C9H15N3O. The van der Waals surface area contributed by atoms with Crippen LogP contribution in [0.3, 0.4) is 0 Å². The fourth-order valence-electron chi connectivity index (χ4n) is 0.940. The Morgan fingerprint density at radius 3 is 3.08 bits per heavy atom. The maximum atomic E-state index is 9.29. The molecule has 13 heavy (non-hydrogen) atoms. The van der Waals surface area contributed by atoms with Gasteiger partial charge in [0.25, 0.3) is 0 Å². The average molecular weight is 181 g/mol. The highest BCUT2D eigenvalue weighted by molar-refractivity contribution is 5.64. The van der Waals surface area contributed by atoms with E-state index in [0.717, 1.165) is 12.1 Å². The number of rotatable bonds is 4. The zero-order chi connectivity index (χ0) is 9.68. The minimum atomic E-state index is -0.326. The molecule has 0 saturated carbocycles. The number of aromatic nitrogens is 1. The van der Waals surface area contributed by atoms with Crippen molar-refractivity contribution in [2.24, 2.45) is 0 Å². The van der Waals surface area contributed by atoms with Gasteiger partial charge in [0.15, 0.2) is 0 Å². The van der Waals surface area contributed by atoms with Crippen molar-refractivity contribution in [2.45, 2.75) is 19.4 Å². The van der Waals surface area contributed by atoms with Crippen molar-refractivity contribution in [1.82, 2.24) is 4.98 Å². The number of nitrogens with one attached hydrogen (secondary N) is 1. The van der Waals surface area contributed by atoms with Gasteiger partial charge in [-0.1, -0.05) is 6.92 Å². The number of aliphatic hydroxyl groups is 1. The van der Waals surface area contributed by atoms with Crippen LogP contribution in [0.1, 0.15) is 13.3 Å². The molecule has 0 saturated heterocycles. The Morgan fingerprint density at radius 2 is 2.46 bits per heavy atom. The zero-order valence-electron chi connectivity index (χ0n) is 7.70. The highest BCUT2D eigenvalue weighted by atomic mass is 16.3. The third-order valence-electron chi connectivity index (χ3n) is 1.85. The summed E-state index contributed by atoms with van der Waals surface area (Å²) in [6, 6.07) is 1.79. The summed E-state index contributed by atoms with van der Waals surface area (Å²) in [7, 11) is 0. The summed E-state index contributed by atoms with van der Waals surface area (Å²) in [6.07, 6.45) is 3.66. The lowest BCUT2D eigenvalue weighted by atomic mass is 10.2. The fourth-order valence-corrected chi connectivity index (χ4v) is 0.940. The summed E-state index contributed by atoms with van der Waals surface area (Å²) >= 11 is 0. The van der Waals surface area contributed by atoms with Crippen LogP contribution in [-0.2, 0) is 0 Å². The summed E-state index contributed by atoms with van der Waals surface area (Å²) in [5.74, 6) is 0. The summed E-state index contributed by atoms with van der Waals surface area (Å²) in [5.41, 5.74) is 7.07. The Bertz CT molecular complexity index is 265. The van der Waals surface area contributed by atoms with Gasteiger partial charge in [-0.25, -0.2) is 0 Å². The van der Waals surface area contributed by atoms with Gasteiger partial charge in [0.2, 0.25) is 0 Å². The van der Waals surface area contributed by atoms with Crippen molar-refractivity contribution in [3.8, 4) is 0 Å². The number of hydrogen-bond acceptors (Lipinski definition) is 4. The first-order valence-electron chi connectivity index (χ1n) is 4.35. The Kier molecular flexibility index (Phi) is 3.52. The lowest BCUT2D eigenvalue weighted by Gasteiger charge is -2.11. The minimum absolute atomic E-state index is 0.326. The largest absolute Gasteiger partial charge is 0.396 e. The lowest BCUT2D eigenvalue weighted by molar-refractivity contribution is 0.183. The Hall–Kier alpha value is -1.29. The standard InChI is InChI=1S/C9H15N3O/c1-2-7(13)5-12-9-3-4-11-6-8(9)10/h3-4,6-7,13H,2,5,10H2,1H3,(H,11,12). The zero-order valence-corrected chi connectivity index (χ0v) is 7.70. The maximum Gasteiger partial charge on any atom is 0.0736 e. The van der Waals surface area contributed by atoms with Crippen LogP contribution in [0.15, 0.2) is 18.5 Å².